The van der Waals surface area contributed by atoms with Gasteiger partial charge < -0.3 is 10.1 Å². The number of carbonyl (C=O) groups is 2. The molecule has 1 amide bonds. The van der Waals surface area contributed by atoms with Gasteiger partial charge in [0.1, 0.15) is 28.3 Å². The molecule has 29 heavy (non-hydrogen) atoms. The molecule has 0 aliphatic carbocycles. The molecule has 0 aliphatic heterocycles. The summed E-state index contributed by atoms with van der Waals surface area (Å²) in [4.78, 5) is 24.5. The lowest BCUT2D eigenvalue weighted by Gasteiger charge is -2.23. The Morgan fingerprint density at radius 1 is 1.10 bits per heavy atom. The molecule has 0 radical (unpaired) electrons. The summed E-state index contributed by atoms with van der Waals surface area (Å²) in [7, 11) is 0. The minimum atomic E-state index is -0.984. The highest BCUT2D eigenvalue weighted by molar-refractivity contribution is 8.00. The molecule has 0 spiro atoms. The van der Waals surface area contributed by atoms with E-state index in [1.165, 1.54) is 18.2 Å². The maximum absolute atomic E-state index is 14.3. The second kappa shape index (κ2) is 9.35. The molecule has 0 aromatic heterocycles. The Kier molecular flexibility index (Phi) is 7.35. The zero-order valence-corrected chi connectivity index (χ0v) is 17.3. The van der Waals surface area contributed by atoms with E-state index in [9.17, 15) is 22.8 Å². The Morgan fingerprint density at radius 2 is 1.79 bits per heavy atom. The summed E-state index contributed by atoms with van der Waals surface area (Å²) in [5, 5.41) is 1.60. The van der Waals surface area contributed by atoms with Crippen molar-refractivity contribution in [3.05, 3.63) is 59.4 Å². The number of halogens is 3. The van der Waals surface area contributed by atoms with Crippen LogP contribution in [0, 0.1) is 17.5 Å². The molecule has 2 aromatic carbocycles. The first-order chi connectivity index (χ1) is 13.5. The number of amides is 1. The fourth-order valence-electron chi connectivity index (χ4n) is 2.36. The zero-order chi connectivity index (χ0) is 21.8. The van der Waals surface area contributed by atoms with Gasteiger partial charge in [-0.15, -0.1) is 11.8 Å². The molecule has 1 atom stereocenters. The lowest BCUT2D eigenvalue weighted by Crippen LogP contribution is -2.30. The first-order valence-electron chi connectivity index (χ1n) is 8.95. The fourth-order valence-corrected chi connectivity index (χ4v) is 3.33. The van der Waals surface area contributed by atoms with Crippen molar-refractivity contribution in [3.8, 4) is 0 Å². The van der Waals surface area contributed by atoms with Crippen LogP contribution in [0.4, 0.5) is 18.9 Å². The summed E-state index contributed by atoms with van der Waals surface area (Å²) in [6, 6.07) is 6.63. The van der Waals surface area contributed by atoms with E-state index in [4.69, 9.17) is 4.74 Å². The largest absolute Gasteiger partial charge is 0.459 e. The molecule has 1 N–H and O–H groups in total. The number of ether oxygens (including phenoxy) is 1. The number of esters is 1. The van der Waals surface area contributed by atoms with Crippen LogP contribution in [-0.2, 0) is 9.53 Å². The fraction of sp³-hybridized carbons (Fsp3) is 0.333. The quantitative estimate of drug-likeness (QED) is 0.486. The van der Waals surface area contributed by atoms with Gasteiger partial charge in [-0.2, -0.15) is 0 Å². The van der Waals surface area contributed by atoms with E-state index in [-0.39, 0.29) is 16.1 Å². The minimum absolute atomic E-state index is 0.0110. The highest BCUT2D eigenvalue weighted by Crippen LogP contribution is 2.33. The number of anilines is 1. The van der Waals surface area contributed by atoms with Crippen LogP contribution in [0.3, 0.4) is 0 Å². The van der Waals surface area contributed by atoms with Gasteiger partial charge in [0.05, 0.1) is 5.69 Å². The van der Waals surface area contributed by atoms with Crippen LogP contribution in [0.2, 0.25) is 0 Å². The van der Waals surface area contributed by atoms with Crippen LogP contribution < -0.4 is 5.32 Å². The first-order valence-corrected chi connectivity index (χ1v) is 9.83. The van der Waals surface area contributed by atoms with Gasteiger partial charge in [0.25, 0.3) is 5.91 Å². The zero-order valence-electron chi connectivity index (χ0n) is 16.5. The highest BCUT2D eigenvalue weighted by Gasteiger charge is 2.26. The van der Waals surface area contributed by atoms with Crippen molar-refractivity contribution in [2.24, 2.45) is 0 Å². The molecule has 0 heterocycles. The van der Waals surface area contributed by atoms with Crippen LogP contribution in [0.5, 0.6) is 0 Å². The lowest BCUT2D eigenvalue weighted by atomic mass is 10.2. The van der Waals surface area contributed by atoms with E-state index in [0.29, 0.717) is 12.5 Å². The summed E-state index contributed by atoms with van der Waals surface area (Å²) in [5.41, 5.74) is -0.985. The Hall–Kier alpha value is -2.48. The van der Waals surface area contributed by atoms with Crippen LogP contribution in [-0.4, -0.2) is 22.7 Å². The SMILES string of the molecule is CCC(Sc1cc(NC(=O)c2cccc(F)c2)c(F)cc1F)C(=O)OC(C)(C)C. The van der Waals surface area contributed by atoms with E-state index in [2.05, 4.69) is 5.32 Å². The number of hydrogen-bond acceptors (Lipinski definition) is 4. The Balaban J connectivity index is 2.24. The molecule has 0 aliphatic rings. The van der Waals surface area contributed by atoms with E-state index in [0.717, 1.165) is 23.9 Å². The molecule has 4 nitrogen and oxygen atoms in total. The third kappa shape index (κ3) is 6.52. The summed E-state index contributed by atoms with van der Waals surface area (Å²) in [6.45, 7) is 6.91. The maximum Gasteiger partial charge on any atom is 0.319 e. The second-order valence-corrected chi connectivity index (χ2v) is 8.52. The van der Waals surface area contributed by atoms with Crippen molar-refractivity contribution < 1.29 is 27.5 Å². The van der Waals surface area contributed by atoms with Gasteiger partial charge in [-0.3, -0.25) is 9.59 Å². The molecule has 8 heteroatoms. The predicted molar refractivity (Wildman–Crippen MR) is 106 cm³/mol. The van der Waals surface area contributed by atoms with Gasteiger partial charge in [0.2, 0.25) is 0 Å². The van der Waals surface area contributed by atoms with Crippen LogP contribution in [0.1, 0.15) is 44.5 Å². The molecule has 2 aromatic rings. The summed E-state index contributed by atoms with van der Waals surface area (Å²) >= 11 is 0.885. The molecule has 0 saturated carbocycles. The molecule has 2 rings (SSSR count). The Labute approximate surface area is 171 Å². The van der Waals surface area contributed by atoms with Crippen molar-refractivity contribution in [1.82, 2.24) is 0 Å². The summed E-state index contributed by atoms with van der Waals surface area (Å²) in [5.74, 6) is -3.72. The van der Waals surface area contributed by atoms with Crippen molar-refractivity contribution >= 4 is 29.3 Å². The molecule has 0 saturated heterocycles. The number of carbonyl (C=O) groups excluding carboxylic acids is 2. The molecular formula is C21H22F3NO3S. The van der Waals surface area contributed by atoms with Gasteiger partial charge in [-0.25, -0.2) is 13.2 Å². The molecule has 156 valence electrons. The molecular weight excluding hydrogens is 403 g/mol. The van der Waals surface area contributed by atoms with Gasteiger partial charge in [-0.05, 0) is 51.5 Å². The second-order valence-electron chi connectivity index (χ2n) is 7.28. The van der Waals surface area contributed by atoms with E-state index < -0.39 is 40.2 Å². The highest BCUT2D eigenvalue weighted by atomic mass is 32.2. The monoisotopic (exact) mass is 425 g/mol. The smallest absolute Gasteiger partial charge is 0.319 e. The average Bonchev–Trinajstić information content (AvgIpc) is 2.61. The van der Waals surface area contributed by atoms with Crippen molar-refractivity contribution in [3.63, 3.8) is 0 Å². The molecule has 1 unspecified atom stereocenters. The van der Waals surface area contributed by atoms with Crippen molar-refractivity contribution in [2.45, 2.75) is 49.9 Å². The molecule has 0 bridgehead atoms. The van der Waals surface area contributed by atoms with E-state index in [1.54, 1.807) is 27.7 Å². The summed E-state index contributed by atoms with van der Waals surface area (Å²) < 4.78 is 47.0. The third-order valence-corrected chi connectivity index (χ3v) is 5.04. The Morgan fingerprint density at radius 3 is 2.38 bits per heavy atom. The van der Waals surface area contributed by atoms with Gasteiger partial charge in [0.15, 0.2) is 0 Å². The predicted octanol–water partition coefficient (Wildman–Crippen LogP) is 5.57. The lowest BCUT2D eigenvalue weighted by molar-refractivity contribution is -0.154. The topological polar surface area (TPSA) is 55.4 Å². The first kappa shape index (κ1) is 22.8. The van der Waals surface area contributed by atoms with E-state index >= 15 is 0 Å². The third-order valence-electron chi connectivity index (χ3n) is 3.67. The van der Waals surface area contributed by atoms with Gasteiger partial charge >= 0.3 is 5.97 Å². The number of benzene rings is 2. The average molecular weight is 425 g/mol. The van der Waals surface area contributed by atoms with Crippen LogP contribution in [0.15, 0.2) is 41.3 Å². The normalized spacial score (nSPS) is 12.4. The Bertz CT molecular complexity index is 913. The van der Waals surface area contributed by atoms with Crippen LogP contribution in [0.25, 0.3) is 0 Å². The van der Waals surface area contributed by atoms with Gasteiger partial charge in [-0.1, -0.05) is 13.0 Å². The van der Waals surface area contributed by atoms with Gasteiger partial charge in [0, 0.05) is 16.5 Å². The molecule has 0 fully saturated rings. The number of thioether (sulfide) groups is 1. The maximum atomic E-state index is 14.3. The number of hydrogen-bond donors (Lipinski definition) is 1. The van der Waals surface area contributed by atoms with Crippen molar-refractivity contribution in [2.75, 3.05) is 5.32 Å². The summed E-state index contributed by atoms with van der Waals surface area (Å²) in [6.07, 6.45) is 0.362. The minimum Gasteiger partial charge on any atom is -0.459 e. The van der Waals surface area contributed by atoms with Crippen molar-refractivity contribution in [1.29, 1.82) is 0 Å². The van der Waals surface area contributed by atoms with E-state index in [1.807, 2.05) is 0 Å². The standard InChI is InChI=1S/C21H22F3NO3S/c1-5-17(20(27)28-21(2,3)4)29-18-11-16(14(23)10-15(18)24)25-19(26)12-7-6-8-13(22)9-12/h6-11,17H,5H2,1-4H3,(H,25,26). The van der Waals surface area contributed by atoms with Crippen LogP contribution >= 0.6 is 11.8 Å². The number of rotatable bonds is 6. The number of nitrogens with one attached hydrogen (secondary N) is 1.